The van der Waals surface area contributed by atoms with Gasteiger partial charge in [0.1, 0.15) is 10.7 Å². The number of likely N-dealkylation sites (N-methyl/N-ethyl adjacent to an activating group) is 1. The highest BCUT2D eigenvalue weighted by Gasteiger charge is 2.26. The van der Waals surface area contributed by atoms with Gasteiger partial charge in [-0.2, -0.15) is 0 Å². The van der Waals surface area contributed by atoms with Crippen molar-refractivity contribution in [3.8, 4) is 0 Å². The molecule has 33 heavy (non-hydrogen) atoms. The lowest BCUT2D eigenvalue weighted by Gasteiger charge is -2.34. The fourth-order valence-corrected chi connectivity index (χ4v) is 6.05. The maximum Gasteiger partial charge on any atom is 0.211 e. The van der Waals surface area contributed by atoms with Gasteiger partial charge in [-0.25, -0.2) is 12.8 Å². The molecule has 0 atom stereocenters. The molecule has 2 aromatic carbocycles. The Hall–Kier alpha value is -2.71. The number of anilines is 1. The highest BCUT2D eigenvalue weighted by molar-refractivity contribution is 7.91. The van der Waals surface area contributed by atoms with Crippen molar-refractivity contribution < 1.29 is 12.8 Å². The van der Waals surface area contributed by atoms with Gasteiger partial charge in [-0.3, -0.25) is 4.79 Å². The number of nitrogens with zero attached hydrogens (tertiary/aromatic N) is 3. The number of hydrogen-bond acceptors (Lipinski definition) is 5. The van der Waals surface area contributed by atoms with Crippen LogP contribution in [0.4, 0.5) is 10.1 Å². The van der Waals surface area contributed by atoms with Crippen molar-refractivity contribution in [2.45, 2.75) is 43.5 Å². The quantitative estimate of drug-likeness (QED) is 0.567. The van der Waals surface area contributed by atoms with Gasteiger partial charge < -0.3 is 14.4 Å². The summed E-state index contributed by atoms with van der Waals surface area (Å²) in [7, 11) is -2.04. The van der Waals surface area contributed by atoms with Gasteiger partial charge in [0.25, 0.3) is 0 Å². The van der Waals surface area contributed by atoms with Crippen LogP contribution in [0.1, 0.15) is 24.5 Å². The Bertz CT molecular complexity index is 1350. The summed E-state index contributed by atoms with van der Waals surface area (Å²) in [5, 5.41) is 0.0873. The first-order chi connectivity index (χ1) is 15.6. The first-order valence-corrected chi connectivity index (χ1v) is 12.7. The first kappa shape index (κ1) is 23.4. The van der Waals surface area contributed by atoms with E-state index < -0.39 is 21.1 Å². The van der Waals surface area contributed by atoms with Crippen LogP contribution in [0.15, 0.2) is 51.1 Å². The van der Waals surface area contributed by atoms with Gasteiger partial charge in [0.15, 0.2) is 0 Å². The zero-order chi connectivity index (χ0) is 23.9. The maximum absolute atomic E-state index is 15.2. The zero-order valence-electron chi connectivity index (χ0n) is 19.6. The van der Waals surface area contributed by atoms with Crippen LogP contribution >= 0.6 is 0 Å². The Morgan fingerprint density at radius 3 is 2.21 bits per heavy atom. The molecule has 176 valence electrons. The second-order valence-electron chi connectivity index (χ2n) is 8.95. The molecule has 6 nitrogen and oxygen atoms in total. The van der Waals surface area contributed by atoms with E-state index in [4.69, 9.17) is 0 Å². The fraction of sp³-hybridized carbons (Fsp3) is 0.400. The van der Waals surface area contributed by atoms with Crippen LogP contribution < -0.4 is 10.3 Å². The summed E-state index contributed by atoms with van der Waals surface area (Å²) in [6.07, 6.45) is 2.16. The summed E-state index contributed by atoms with van der Waals surface area (Å²) >= 11 is 0. The number of halogens is 1. The molecular weight excluding hydrogens is 441 g/mol. The third-order valence-corrected chi connectivity index (χ3v) is 7.95. The van der Waals surface area contributed by atoms with Gasteiger partial charge in [0.05, 0.1) is 21.5 Å². The standard InChI is InChI=1S/C25H30FN3O3S/c1-5-6-29-16-24(33(31,32)19-12-17(2)11-18(3)13-19)25(30)20-14-21(26)23(15-22(20)29)28-9-7-27(4)8-10-28/h11-16H,5-10H2,1-4H3. The summed E-state index contributed by atoms with van der Waals surface area (Å²) in [5.74, 6) is -0.506. The Labute approximate surface area is 194 Å². The number of aromatic nitrogens is 1. The van der Waals surface area contributed by atoms with Crippen molar-refractivity contribution in [1.29, 1.82) is 0 Å². The molecule has 4 rings (SSSR count). The molecule has 0 bridgehead atoms. The van der Waals surface area contributed by atoms with Gasteiger partial charge in [-0.15, -0.1) is 0 Å². The lowest BCUT2D eigenvalue weighted by molar-refractivity contribution is 0.312. The summed E-state index contributed by atoms with van der Waals surface area (Å²) in [6, 6.07) is 7.91. The van der Waals surface area contributed by atoms with Crippen LogP contribution in [-0.2, 0) is 16.4 Å². The van der Waals surface area contributed by atoms with Crippen molar-refractivity contribution >= 4 is 26.4 Å². The molecule has 8 heteroatoms. The molecule has 1 saturated heterocycles. The van der Waals surface area contributed by atoms with Crippen molar-refractivity contribution in [1.82, 2.24) is 9.47 Å². The van der Waals surface area contributed by atoms with Crippen LogP contribution in [0.5, 0.6) is 0 Å². The first-order valence-electron chi connectivity index (χ1n) is 11.3. The Balaban J connectivity index is 1.92. The molecule has 1 aromatic heterocycles. The number of benzene rings is 2. The average molecular weight is 472 g/mol. The Kier molecular flexibility index (Phi) is 6.33. The molecule has 0 radical (unpaired) electrons. The maximum atomic E-state index is 15.2. The number of pyridine rings is 1. The van der Waals surface area contributed by atoms with Gasteiger partial charge in [0.2, 0.25) is 15.3 Å². The van der Waals surface area contributed by atoms with E-state index in [9.17, 15) is 13.2 Å². The fourth-order valence-electron chi connectivity index (χ4n) is 4.49. The number of fused-ring (bicyclic) bond motifs is 1. The van der Waals surface area contributed by atoms with E-state index in [1.165, 1.54) is 12.3 Å². The van der Waals surface area contributed by atoms with Crippen LogP contribution in [0, 0.1) is 19.7 Å². The molecule has 0 amide bonds. The number of rotatable bonds is 5. The zero-order valence-corrected chi connectivity index (χ0v) is 20.4. The number of hydrogen-bond donors (Lipinski definition) is 0. The Morgan fingerprint density at radius 1 is 0.970 bits per heavy atom. The monoisotopic (exact) mass is 471 g/mol. The molecule has 2 heterocycles. The molecule has 0 spiro atoms. The van der Waals surface area contributed by atoms with Crippen LogP contribution in [0.2, 0.25) is 0 Å². The topological polar surface area (TPSA) is 62.6 Å². The summed E-state index contributed by atoms with van der Waals surface area (Å²) in [4.78, 5) is 17.3. The van der Waals surface area contributed by atoms with Crippen LogP contribution in [0.25, 0.3) is 10.9 Å². The normalized spacial score (nSPS) is 15.4. The lowest BCUT2D eigenvalue weighted by Crippen LogP contribution is -2.44. The van der Waals surface area contributed by atoms with E-state index >= 15 is 4.39 Å². The van der Waals surface area contributed by atoms with Crippen molar-refractivity contribution in [2.24, 2.45) is 0 Å². The van der Waals surface area contributed by atoms with Crippen LogP contribution in [0.3, 0.4) is 0 Å². The van der Waals surface area contributed by atoms with Gasteiger partial charge in [-0.05, 0) is 62.7 Å². The second-order valence-corrected chi connectivity index (χ2v) is 10.9. The lowest BCUT2D eigenvalue weighted by atomic mass is 10.1. The number of sulfone groups is 1. The average Bonchev–Trinajstić information content (AvgIpc) is 2.75. The molecule has 0 saturated carbocycles. The third-order valence-electron chi connectivity index (χ3n) is 6.22. The van der Waals surface area contributed by atoms with Crippen LogP contribution in [-0.4, -0.2) is 51.1 Å². The highest BCUT2D eigenvalue weighted by Crippen LogP contribution is 2.28. The largest absolute Gasteiger partial charge is 0.367 e. The Morgan fingerprint density at radius 2 is 1.61 bits per heavy atom. The minimum Gasteiger partial charge on any atom is -0.367 e. The summed E-state index contributed by atoms with van der Waals surface area (Å²) in [5.41, 5.74) is 1.93. The molecule has 1 aliphatic rings. The number of aryl methyl sites for hydroxylation is 3. The molecule has 0 unspecified atom stereocenters. The van der Waals surface area contributed by atoms with Gasteiger partial charge >= 0.3 is 0 Å². The van der Waals surface area contributed by atoms with Crippen molar-refractivity contribution in [3.63, 3.8) is 0 Å². The van der Waals surface area contributed by atoms with Crippen molar-refractivity contribution in [3.05, 3.63) is 63.7 Å². The molecule has 3 aromatic rings. The van der Waals surface area contributed by atoms with Gasteiger partial charge in [0, 0.05) is 38.9 Å². The minimum atomic E-state index is -4.07. The molecule has 1 fully saturated rings. The number of piperazine rings is 1. The smallest absolute Gasteiger partial charge is 0.211 e. The van der Waals surface area contributed by atoms with E-state index in [1.54, 1.807) is 22.8 Å². The summed E-state index contributed by atoms with van der Waals surface area (Å²) < 4.78 is 43.9. The molecular formula is C25H30FN3O3S. The molecule has 1 aliphatic heterocycles. The van der Waals surface area contributed by atoms with E-state index in [-0.39, 0.29) is 15.2 Å². The van der Waals surface area contributed by atoms with E-state index in [1.807, 2.05) is 38.8 Å². The van der Waals surface area contributed by atoms with Gasteiger partial charge in [-0.1, -0.05) is 13.0 Å². The predicted molar refractivity (Wildman–Crippen MR) is 130 cm³/mol. The van der Waals surface area contributed by atoms with E-state index in [2.05, 4.69) is 4.90 Å². The van der Waals surface area contributed by atoms with E-state index in [0.717, 1.165) is 30.6 Å². The second kappa shape index (κ2) is 8.91. The molecule has 0 aliphatic carbocycles. The highest BCUT2D eigenvalue weighted by atomic mass is 32.2. The van der Waals surface area contributed by atoms with Crippen molar-refractivity contribution in [2.75, 3.05) is 38.1 Å². The van der Waals surface area contributed by atoms with E-state index in [0.29, 0.717) is 30.8 Å². The molecule has 0 N–H and O–H groups in total. The summed E-state index contributed by atoms with van der Waals surface area (Å²) in [6.45, 7) is 9.16. The minimum absolute atomic E-state index is 0.0778. The SMILES string of the molecule is CCCn1cc(S(=O)(=O)c2cc(C)cc(C)c2)c(=O)c2cc(F)c(N3CCN(C)CC3)cc21. The third kappa shape index (κ3) is 4.42. The predicted octanol–water partition coefficient (Wildman–Crippen LogP) is 3.75.